The van der Waals surface area contributed by atoms with Gasteiger partial charge in [0.2, 0.25) is 0 Å². The van der Waals surface area contributed by atoms with E-state index in [1.54, 1.807) is 18.2 Å². The molecule has 0 aromatic heterocycles. The topological polar surface area (TPSA) is 61.4 Å². The summed E-state index contributed by atoms with van der Waals surface area (Å²) < 4.78 is -0.452. The molecule has 1 unspecified atom stereocenters. The lowest BCUT2D eigenvalue weighted by Gasteiger charge is -2.34. The molecule has 2 rings (SSSR count). The molecule has 1 aliphatic heterocycles. The number of nitrogens with zero attached hydrogens (tertiary/aromatic N) is 2. The molecule has 14 heavy (non-hydrogen) atoms. The zero-order valence-electron chi connectivity index (χ0n) is 8.10. The molecule has 1 aromatic rings. The Bertz CT molecular complexity index is 389. The average molecular weight is 191 g/mol. The van der Waals surface area contributed by atoms with E-state index >= 15 is 0 Å². The molecule has 0 radical (unpaired) electrons. The summed E-state index contributed by atoms with van der Waals surface area (Å²) in [4.78, 5) is 4.09. The highest BCUT2D eigenvalue weighted by atomic mass is 16.5. The van der Waals surface area contributed by atoms with Gasteiger partial charge in [0, 0.05) is 11.8 Å². The number of anilines is 1. The van der Waals surface area contributed by atoms with Gasteiger partial charge in [-0.1, -0.05) is 6.92 Å². The predicted octanol–water partition coefficient (Wildman–Crippen LogP) is 2.16. The van der Waals surface area contributed by atoms with E-state index in [9.17, 15) is 5.21 Å². The van der Waals surface area contributed by atoms with Gasteiger partial charge in [0.25, 0.3) is 0 Å². The lowest BCUT2D eigenvalue weighted by molar-refractivity contribution is 0.556. The zero-order valence-corrected chi connectivity index (χ0v) is 8.10. The van der Waals surface area contributed by atoms with Crippen LogP contribution >= 0.6 is 0 Å². The van der Waals surface area contributed by atoms with Crippen LogP contribution < -0.4 is 10.4 Å². The van der Waals surface area contributed by atoms with Gasteiger partial charge in [0.05, 0.1) is 6.54 Å². The lowest BCUT2D eigenvalue weighted by atomic mass is 10.2. The molecule has 0 fully saturated rings. The Morgan fingerprint density at radius 2 is 2.29 bits per heavy atom. The minimum Gasteiger partial charge on any atom is -0.621 e. The van der Waals surface area contributed by atoms with Crippen LogP contribution in [0.3, 0.4) is 0 Å². The maximum atomic E-state index is 12.2. The molecule has 1 aliphatic rings. The molecule has 74 valence electrons. The minimum absolute atomic E-state index is 0.452. The van der Waals surface area contributed by atoms with Crippen LogP contribution in [0.15, 0.2) is 23.2 Å². The number of hydrogen-bond donors (Lipinski definition) is 1. The summed E-state index contributed by atoms with van der Waals surface area (Å²) in [6, 6.07) is 5.24. The van der Waals surface area contributed by atoms with Gasteiger partial charge in [-0.2, -0.15) is 4.99 Å². The standard InChI is InChI=1S/C10H13N3O/c1-2-5-13(14)7-12-9-6-8(11)3-4-10(9)13/h3-4,6-7H,2,5,11H2,1H3. The van der Waals surface area contributed by atoms with E-state index in [1.807, 2.05) is 6.92 Å². The number of quaternary nitrogens is 1. The zero-order chi connectivity index (χ0) is 10.2. The molecule has 0 aliphatic carbocycles. The van der Waals surface area contributed by atoms with Gasteiger partial charge in [-0.05, 0) is 18.6 Å². The van der Waals surface area contributed by atoms with Crippen LogP contribution in [0.25, 0.3) is 0 Å². The van der Waals surface area contributed by atoms with Crippen molar-refractivity contribution in [3.05, 3.63) is 23.4 Å². The molecule has 0 amide bonds. The van der Waals surface area contributed by atoms with Gasteiger partial charge in [-0.15, -0.1) is 0 Å². The third-order valence-corrected chi connectivity index (χ3v) is 2.35. The maximum Gasteiger partial charge on any atom is 0.195 e. The SMILES string of the molecule is CCC[N+]1([O-])C=Nc2cc(N)ccc21. The van der Waals surface area contributed by atoms with Crippen molar-refractivity contribution in [3.8, 4) is 0 Å². The lowest BCUT2D eigenvalue weighted by Crippen LogP contribution is -2.40. The summed E-state index contributed by atoms with van der Waals surface area (Å²) in [5, 5.41) is 12.2. The summed E-state index contributed by atoms with van der Waals surface area (Å²) in [6.45, 7) is 2.52. The summed E-state index contributed by atoms with van der Waals surface area (Å²) in [5.74, 6) is 0. The van der Waals surface area contributed by atoms with Crippen molar-refractivity contribution in [1.82, 2.24) is 4.65 Å². The summed E-state index contributed by atoms with van der Waals surface area (Å²) in [5.41, 5.74) is 7.65. The number of benzene rings is 1. The first kappa shape index (κ1) is 9.18. The normalized spacial score (nSPS) is 23.9. The Kier molecular flexibility index (Phi) is 2.02. The number of hydroxylamine groups is 2. The number of nitrogens with two attached hydrogens (primary N) is 1. The van der Waals surface area contributed by atoms with E-state index in [-0.39, 0.29) is 0 Å². The number of fused-ring (bicyclic) bond motifs is 1. The molecule has 0 spiro atoms. The second kappa shape index (κ2) is 3.08. The Labute approximate surface area is 82.8 Å². The third-order valence-electron chi connectivity index (χ3n) is 2.35. The second-order valence-corrected chi connectivity index (χ2v) is 3.51. The van der Waals surface area contributed by atoms with Crippen molar-refractivity contribution in [2.24, 2.45) is 4.99 Å². The maximum absolute atomic E-state index is 12.2. The molecule has 1 heterocycles. The molecule has 4 nitrogen and oxygen atoms in total. The van der Waals surface area contributed by atoms with Gasteiger partial charge in [0.1, 0.15) is 5.69 Å². The van der Waals surface area contributed by atoms with Gasteiger partial charge < -0.3 is 10.9 Å². The van der Waals surface area contributed by atoms with E-state index < -0.39 is 4.65 Å². The van der Waals surface area contributed by atoms with E-state index in [0.29, 0.717) is 23.6 Å². The van der Waals surface area contributed by atoms with Crippen molar-refractivity contribution in [1.29, 1.82) is 0 Å². The van der Waals surface area contributed by atoms with E-state index in [0.717, 1.165) is 6.42 Å². The fourth-order valence-corrected chi connectivity index (χ4v) is 1.69. The summed E-state index contributed by atoms with van der Waals surface area (Å²) >= 11 is 0. The van der Waals surface area contributed by atoms with Crippen LogP contribution in [-0.4, -0.2) is 12.9 Å². The van der Waals surface area contributed by atoms with Crippen molar-refractivity contribution < 1.29 is 0 Å². The number of nitrogen functional groups attached to an aromatic ring is 1. The first-order valence-electron chi connectivity index (χ1n) is 4.70. The molecular weight excluding hydrogens is 178 g/mol. The predicted molar refractivity (Wildman–Crippen MR) is 59.3 cm³/mol. The first-order valence-corrected chi connectivity index (χ1v) is 4.70. The highest BCUT2D eigenvalue weighted by molar-refractivity contribution is 5.90. The number of hydrogen-bond acceptors (Lipinski definition) is 3. The third kappa shape index (κ3) is 1.29. The molecular formula is C10H13N3O. The summed E-state index contributed by atoms with van der Waals surface area (Å²) in [6.07, 6.45) is 2.27. The van der Waals surface area contributed by atoms with Crippen LogP contribution in [0.5, 0.6) is 0 Å². The molecule has 1 aromatic carbocycles. The highest BCUT2D eigenvalue weighted by Gasteiger charge is 2.26. The van der Waals surface area contributed by atoms with Crippen LogP contribution in [-0.2, 0) is 0 Å². The monoisotopic (exact) mass is 191 g/mol. The van der Waals surface area contributed by atoms with Crippen LogP contribution in [0.1, 0.15) is 13.3 Å². The van der Waals surface area contributed by atoms with Gasteiger partial charge in [-0.3, -0.25) is 4.65 Å². The minimum atomic E-state index is -0.452. The fourth-order valence-electron chi connectivity index (χ4n) is 1.69. The van der Waals surface area contributed by atoms with Crippen LogP contribution in [0.4, 0.5) is 17.1 Å². The Balaban J connectivity index is 2.44. The summed E-state index contributed by atoms with van der Waals surface area (Å²) in [7, 11) is 0. The van der Waals surface area contributed by atoms with Crippen LogP contribution in [0.2, 0.25) is 0 Å². The highest BCUT2D eigenvalue weighted by Crippen LogP contribution is 2.38. The molecule has 2 N–H and O–H groups in total. The first-order chi connectivity index (χ1) is 6.65. The van der Waals surface area contributed by atoms with Crippen molar-refractivity contribution in [3.63, 3.8) is 0 Å². The average Bonchev–Trinajstić information content (AvgIpc) is 2.44. The molecule has 0 bridgehead atoms. The van der Waals surface area contributed by atoms with Crippen molar-refractivity contribution in [2.75, 3.05) is 12.3 Å². The van der Waals surface area contributed by atoms with Gasteiger partial charge in [0.15, 0.2) is 12.0 Å². The fraction of sp³-hybridized carbons (Fsp3) is 0.300. The smallest absolute Gasteiger partial charge is 0.195 e. The second-order valence-electron chi connectivity index (χ2n) is 3.51. The number of aliphatic imine (C=N–C) groups is 1. The Morgan fingerprint density at radius 1 is 1.50 bits per heavy atom. The number of rotatable bonds is 2. The van der Waals surface area contributed by atoms with Gasteiger partial charge in [-0.25, -0.2) is 0 Å². The van der Waals surface area contributed by atoms with Crippen LogP contribution in [0, 0.1) is 5.21 Å². The van der Waals surface area contributed by atoms with Crippen molar-refractivity contribution >= 4 is 23.4 Å². The largest absolute Gasteiger partial charge is 0.621 e. The quantitative estimate of drug-likeness (QED) is 0.442. The molecule has 0 saturated heterocycles. The van der Waals surface area contributed by atoms with E-state index in [1.165, 1.54) is 6.34 Å². The Hall–Kier alpha value is -1.39. The molecule has 0 saturated carbocycles. The van der Waals surface area contributed by atoms with Crippen molar-refractivity contribution in [2.45, 2.75) is 13.3 Å². The molecule has 4 heteroatoms. The van der Waals surface area contributed by atoms with E-state index in [2.05, 4.69) is 4.99 Å². The Morgan fingerprint density at radius 3 is 3.00 bits per heavy atom. The van der Waals surface area contributed by atoms with E-state index in [4.69, 9.17) is 5.73 Å². The molecule has 1 atom stereocenters. The van der Waals surface area contributed by atoms with Gasteiger partial charge >= 0.3 is 0 Å².